The second-order valence-corrected chi connectivity index (χ2v) is 6.33. The molecule has 0 spiro atoms. The van der Waals surface area contributed by atoms with Crippen molar-refractivity contribution in [1.29, 1.82) is 0 Å². The van der Waals surface area contributed by atoms with Crippen LogP contribution in [0.1, 0.15) is 18.1 Å². The second-order valence-electron chi connectivity index (χ2n) is 5.90. The van der Waals surface area contributed by atoms with Gasteiger partial charge in [-0.05, 0) is 55.3 Å². The first kappa shape index (κ1) is 20.6. The largest absolute Gasteiger partial charge is 0.497 e. The summed E-state index contributed by atoms with van der Waals surface area (Å²) >= 11 is 5.87. The van der Waals surface area contributed by atoms with Gasteiger partial charge < -0.3 is 19.5 Å². The van der Waals surface area contributed by atoms with Crippen LogP contribution in [-0.2, 0) is 20.9 Å². The number of benzene rings is 2. The second kappa shape index (κ2) is 9.83. The third-order valence-electron chi connectivity index (χ3n) is 3.79. The average molecular weight is 392 g/mol. The van der Waals surface area contributed by atoms with Crippen LogP contribution in [-0.4, -0.2) is 31.7 Å². The van der Waals surface area contributed by atoms with Crippen molar-refractivity contribution in [2.75, 3.05) is 13.7 Å². The molecule has 27 heavy (non-hydrogen) atoms. The van der Waals surface area contributed by atoms with Crippen LogP contribution < -0.4 is 14.8 Å². The van der Waals surface area contributed by atoms with E-state index in [0.29, 0.717) is 17.3 Å². The predicted molar refractivity (Wildman–Crippen MR) is 102 cm³/mol. The standard InChI is InChI=1S/C20H22ClNO5/c1-13-10-16(21)6-9-18(13)26-12-19(23)27-14(2)20(24)22-11-15-4-7-17(25-3)8-5-15/h4-10,14H,11-12H2,1-3H3,(H,22,24)/t14-/m1/s1. The number of esters is 1. The third-order valence-corrected chi connectivity index (χ3v) is 4.02. The fraction of sp³-hybridized carbons (Fsp3) is 0.300. The van der Waals surface area contributed by atoms with E-state index < -0.39 is 12.1 Å². The molecule has 1 amide bonds. The third kappa shape index (κ3) is 6.49. The highest BCUT2D eigenvalue weighted by Crippen LogP contribution is 2.21. The van der Waals surface area contributed by atoms with Gasteiger partial charge in [-0.15, -0.1) is 0 Å². The van der Waals surface area contributed by atoms with Crippen molar-refractivity contribution in [2.24, 2.45) is 0 Å². The first-order valence-electron chi connectivity index (χ1n) is 8.38. The Morgan fingerprint density at radius 2 is 1.85 bits per heavy atom. The molecule has 6 nitrogen and oxygen atoms in total. The quantitative estimate of drug-likeness (QED) is 0.699. The van der Waals surface area contributed by atoms with Crippen molar-refractivity contribution in [3.63, 3.8) is 0 Å². The molecular weight excluding hydrogens is 370 g/mol. The van der Waals surface area contributed by atoms with Crippen LogP contribution in [0.3, 0.4) is 0 Å². The lowest BCUT2D eigenvalue weighted by molar-refractivity contribution is -0.156. The number of halogens is 1. The Balaban J connectivity index is 1.76. The van der Waals surface area contributed by atoms with E-state index in [9.17, 15) is 9.59 Å². The molecule has 0 aliphatic heterocycles. The minimum atomic E-state index is -0.925. The van der Waals surface area contributed by atoms with E-state index in [2.05, 4.69) is 5.32 Å². The average Bonchev–Trinajstić information content (AvgIpc) is 2.65. The first-order chi connectivity index (χ1) is 12.9. The van der Waals surface area contributed by atoms with Gasteiger partial charge in [-0.2, -0.15) is 0 Å². The van der Waals surface area contributed by atoms with Gasteiger partial charge in [-0.1, -0.05) is 23.7 Å². The van der Waals surface area contributed by atoms with Gasteiger partial charge in [0.25, 0.3) is 5.91 Å². The van der Waals surface area contributed by atoms with Crippen molar-refractivity contribution in [3.05, 3.63) is 58.6 Å². The molecule has 0 aliphatic carbocycles. The van der Waals surface area contributed by atoms with E-state index >= 15 is 0 Å². The molecule has 0 saturated carbocycles. The number of aryl methyl sites for hydroxylation is 1. The van der Waals surface area contributed by atoms with Gasteiger partial charge in [0.1, 0.15) is 11.5 Å². The number of rotatable bonds is 8. The molecule has 0 radical (unpaired) electrons. The number of carbonyl (C=O) groups excluding carboxylic acids is 2. The number of carbonyl (C=O) groups is 2. The van der Waals surface area contributed by atoms with Gasteiger partial charge in [-0.3, -0.25) is 4.79 Å². The molecule has 2 aromatic rings. The van der Waals surface area contributed by atoms with E-state index in [1.807, 2.05) is 19.1 Å². The van der Waals surface area contributed by atoms with Crippen molar-refractivity contribution in [1.82, 2.24) is 5.32 Å². The summed E-state index contributed by atoms with van der Waals surface area (Å²) in [6.07, 6.45) is -0.925. The van der Waals surface area contributed by atoms with E-state index in [1.165, 1.54) is 6.92 Å². The van der Waals surface area contributed by atoms with Gasteiger partial charge >= 0.3 is 5.97 Å². The topological polar surface area (TPSA) is 73.9 Å². The number of ether oxygens (including phenoxy) is 3. The fourth-order valence-electron chi connectivity index (χ4n) is 2.27. The molecule has 0 aliphatic rings. The molecular formula is C20H22ClNO5. The highest BCUT2D eigenvalue weighted by atomic mass is 35.5. The zero-order valence-corrected chi connectivity index (χ0v) is 16.2. The minimum absolute atomic E-state index is 0.293. The van der Waals surface area contributed by atoms with Gasteiger partial charge in [0, 0.05) is 11.6 Å². The van der Waals surface area contributed by atoms with Crippen LogP contribution in [0.25, 0.3) is 0 Å². The van der Waals surface area contributed by atoms with Crippen LogP contribution >= 0.6 is 11.6 Å². The molecule has 0 saturated heterocycles. The molecule has 1 N–H and O–H groups in total. The monoisotopic (exact) mass is 391 g/mol. The van der Waals surface area contributed by atoms with Gasteiger partial charge in [0.2, 0.25) is 0 Å². The van der Waals surface area contributed by atoms with E-state index in [0.717, 1.165) is 16.9 Å². The lowest BCUT2D eigenvalue weighted by Crippen LogP contribution is -2.36. The maximum Gasteiger partial charge on any atom is 0.344 e. The molecule has 0 aromatic heterocycles. The summed E-state index contributed by atoms with van der Waals surface area (Å²) in [4.78, 5) is 24.0. The lowest BCUT2D eigenvalue weighted by Gasteiger charge is -2.14. The summed E-state index contributed by atoms with van der Waals surface area (Å²) in [5.41, 5.74) is 1.71. The Labute approximate surface area is 163 Å². The van der Waals surface area contributed by atoms with E-state index in [4.69, 9.17) is 25.8 Å². The summed E-state index contributed by atoms with van der Waals surface area (Å²) in [6, 6.07) is 12.4. The van der Waals surface area contributed by atoms with E-state index in [-0.39, 0.29) is 12.5 Å². The first-order valence-corrected chi connectivity index (χ1v) is 8.76. The zero-order chi connectivity index (χ0) is 19.8. The summed E-state index contributed by atoms with van der Waals surface area (Å²) in [5, 5.41) is 3.31. The highest BCUT2D eigenvalue weighted by molar-refractivity contribution is 6.30. The SMILES string of the molecule is COc1ccc(CNC(=O)[C@@H](C)OC(=O)COc2ccc(Cl)cc2C)cc1. The van der Waals surface area contributed by atoms with Crippen molar-refractivity contribution in [3.8, 4) is 11.5 Å². The predicted octanol–water partition coefficient (Wildman–Crippen LogP) is 3.28. The summed E-state index contributed by atoms with van der Waals surface area (Å²) in [5.74, 6) is 0.259. The van der Waals surface area contributed by atoms with Gasteiger partial charge in [0.05, 0.1) is 7.11 Å². The Morgan fingerprint density at radius 1 is 1.15 bits per heavy atom. The Morgan fingerprint density at radius 3 is 2.48 bits per heavy atom. The summed E-state index contributed by atoms with van der Waals surface area (Å²) in [6.45, 7) is 3.36. The summed E-state index contributed by atoms with van der Waals surface area (Å²) in [7, 11) is 1.59. The highest BCUT2D eigenvalue weighted by Gasteiger charge is 2.18. The molecule has 0 bridgehead atoms. The molecule has 2 aromatic carbocycles. The van der Waals surface area contributed by atoms with Crippen molar-refractivity contribution >= 4 is 23.5 Å². The fourth-order valence-corrected chi connectivity index (χ4v) is 2.50. The maximum atomic E-state index is 12.1. The van der Waals surface area contributed by atoms with Crippen molar-refractivity contribution < 1.29 is 23.8 Å². The van der Waals surface area contributed by atoms with Crippen LogP contribution in [0.5, 0.6) is 11.5 Å². The van der Waals surface area contributed by atoms with Gasteiger partial charge in [0.15, 0.2) is 12.7 Å². The maximum absolute atomic E-state index is 12.1. The van der Waals surface area contributed by atoms with Crippen molar-refractivity contribution in [2.45, 2.75) is 26.5 Å². The van der Waals surface area contributed by atoms with E-state index in [1.54, 1.807) is 37.4 Å². The molecule has 0 unspecified atom stereocenters. The van der Waals surface area contributed by atoms with Crippen LogP contribution in [0.2, 0.25) is 5.02 Å². The molecule has 2 rings (SSSR count). The van der Waals surface area contributed by atoms with Crippen LogP contribution in [0.15, 0.2) is 42.5 Å². The Bertz CT molecular complexity index is 791. The number of hydrogen-bond acceptors (Lipinski definition) is 5. The number of hydrogen-bond donors (Lipinski definition) is 1. The van der Waals surface area contributed by atoms with Crippen LogP contribution in [0.4, 0.5) is 0 Å². The van der Waals surface area contributed by atoms with Gasteiger partial charge in [-0.25, -0.2) is 4.79 Å². The molecule has 1 atom stereocenters. The lowest BCUT2D eigenvalue weighted by atomic mass is 10.2. The smallest absolute Gasteiger partial charge is 0.344 e. The normalized spacial score (nSPS) is 11.4. The number of methoxy groups -OCH3 is 1. The number of nitrogens with one attached hydrogen (secondary N) is 1. The molecule has 0 fully saturated rings. The Kier molecular flexibility index (Phi) is 7.49. The zero-order valence-electron chi connectivity index (χ0n) is 15.5. The van der Waals surface area contributed by atoms with Crippen LogP contribution in [0, 0.1) is 6.92 Å². The summed E-state index contributed by atoms with van der Waals surface area (Å²) < 4.78 is 15.6. The minimum Gasteiger partial charge on any atom is -0.497 e. The molecule has 0 heterocycles. The number of amides is 1. The Hall–Kier alpha value is -2.73. The molecule has 7 heteroatoms. The molecule has 144 valence electrons.